The minimum atomic E-state index is 0.141. The Morgan fingerprint density at radius 2 is 2.00 bits per heavy atom. The largest absolute Gasteiger partial charge is 0.378 e. The lowest BCUT2D eigenvalue weighted by atomic mass is 10.2. The Balaban J connectivity index is 1.66. The molecular formula is C15H16N2O2S. The van der Waals surface area contributed by atoms with Crippen molar-refractivity contribution in [2.45, 2.75) is 6.42 Å². The Morgan fingerprint density at radius 1 is 1.25 bits per heavy atom. The van der Waals surface area contributed by atoms with Crippen LogP contribution in [0.25, 0.3) is 11.3 Å². The van der Waals surface area contributed by atoms with Gasteiger partial charge in [-0.15, -0.1) is 11.3 Å². The van der Waals surface area contributed by atoms with Crippen LogP contribution in [0.2, 0.25) is 0 Å². The summed E-state index contributed by atoms with van der Waals surface area (Å²) in [6.45, 7) is 2.66. The molecule has 3 rings (SSSR count). The quantitative estimate of drug-likeness (QED) is 0.869. The topological polar surface area (TPSA) is 42.4 Å². The van der Waals surface area contributed by atoms with Crippen molar-refractivity contribution >= 4 is 17.2 Å². The Hall–Kier alpha value is -1.72. The molecule has 5 heteroatoms. The van der Waals surface area contributed by atoms with Gasteiger partial charge in [0.1, 0.15) is 5.01 Å². The zero-order valence-electron chi connectivity index (χ0n) is 11.1. The van der Waals surface area contributed by atoms with Gasteiger partial charge < -0.3 is 9.64 Å². The number of hydrogen-bond donors (Lipinski definition) is 0. The molecule has 1 aromatic carbocycles. The van der Waals surface area contributed by atoms with Gasteiger partial charge in [-0.25, -0.2) is 4.98 Å². The summed E-state index contributed by atoms with van der Waals surface area (Å²) in [5.74, 6) is 0.141. The van der Waals surface area contributed by atoms with E-state index in [1.165, 1.54) is 0 Å². The summed E-state index contributed by atoms with van der Waals surface area (Å²) in [4.78, 5) is 18.6. The Labute approximate surface area is 122 Å². The standard InChI is InChI=1S/C15H16N2O2S/c18-15(17-6-8-19-9-7-17)10-14-16-13(11-20-14)12-4-2-1-3-5-12/h1-5,11H,6-10H2. The van der Waals surface area contributed by atoms with E-state index >= 15 is 0 Å². The number of rotatable bonds is 3. The van der Waals surface area contributed by atoms with E-state index in [9.17, 15) is 4.79 Å². The van der Waals surface area contributed by atoms with Gasteiger partial charge in [0.25, 0.3) is 0 Å². The van der Waals surface area contributed by atoms with E-state index in [4.69, 9.17) is 4.74 Å². The number of nitrogens with zero attached hydrogens (tertiary/aromatic N) is 2. The van der Waals surface area contributed by atoms with Crippen LogP contribution in [0.3, 0.4) is 0 Å². The zero-order valence-corrected chi connectivity index (χ0v) is 11.9. The van der Waals surface area contributed by atoms with Crippen LogP contribution < -0.4 is 0 Å². The van der Waals surface area contributed by atoms with Gasteiger partial charge in [-0.2, -0.15) is 0 Å². The molecule has 1 aliphatic rings. The lowest BCUT2D eigenvalue weighted by Gasteiger charge is -2.26. The number of morpholine rings is 1. The second-order valence-electron chi connectivity index (χ2n) is 4.66. The first-order valence-electron chi connectivity index (χ1n) is 6.68. The summed E-state index contributed by atoms with van der Waals surface area (Å²) in [6.07, 6.45) is 0.386. The first kappa shape index (κ1) is 13.3. The third-order valence-electron chi connectivity index (χ3n) is 3.29. The number of carbonyl (C=O) groups excluding carboxylic acids is 1. The smallest absolute Gasteiger partial charge is 0.229 e. The summed E-state index contributed by atoms with van der Waals surface area (Å²) < 4.78 is 5.26. The van der Waals surface area contributed by atoms with Crippen LogP contribution in [0, 0.1) is 0 Å². The summed E-state index contributed by atoms with van der Waals surface area (Å²) in [7, 11) is 0. The minimum absolute atomic E-state index is 0.141. The molecule has 1 aliphatic heterocycles. The Morgan fingerprint density at radius 3 is 2.75 bits per heavy atom. The third kappa shape index (κ3) is 3.05. The average Bonchev–Trinajstić information content (AvgIpc) is 2.97. The first-order valence-corrected chi connectivity index (χ1v) is 7.56. The van der Waals surface area contributed by atoms with E-state index < -0.39 is 0 Å². The van der Waals surface area contributed by atoms with Gasteiger partial charge in [0.2, 0.25) is 5.91 Å². The monoisotopic (exact) mass is 288 g/mol. The van der Waals surface area contributed by atoms with Crippen molar-refractivity contribution in [1.29, 1.82) is 0 Å². The van der Waals surface area contributed by atoms with Gasteiger partial charge in [-0.3, -0.25) is 4.79 Å². The zero-order chi connectivity index (χ0) is 13.8. The second-order valence-corrected chi connectivity index (χ2v) is 5.61. The van der Waals surface area contributed by atoms with Crippen LogP contribution in [0.5, 0.6) is 0 Å². The van der Waals surface area contributed by atoms with E-state index in [0.717, 1.165) is 16.3 Å². The van der Waals surface area contributed by atoms with E-state index in [2.05, 4.69) is 4.98 Å². The molecule has 104 valence electrons. The fourth-order valence-corrected chi connectivity index (χ4v) is 2.98. The summed E-state index contributed by atoms with van der Waals surface area (Å²) in [5, 5.41) is 2.89. The molecule has 1 fully saturated rings. The second kappa shape index (κ2) is 6.15. The normalized spacial score (nSPS) is 15.3. The molecule has 0 saturated carbocycles. The highest BCUT2D eigenvalue weighted by atomic mass is 32.1. The highest BCUT2D eigenvalue weighted by molar-refractivity contribution is 7.10. The van der Waals surface area contributed by atoms with E-state index in [0.29, 0.717) is 32.7 Å². The summed E-state index contributed by atoms with van der Waals surface area (Å²) in [6, 6.07) is 10.0. The first-order chi connectivity index (χ1) is 9.83. The third-order valence-corrected chi connectivity index (χ3v) is 4.14. The van der Waals surface area contributed by atoms with Crippen molar-refractivity contribution in [2.75, 3.05) is 26.3 Å². The average molecular weight is 288 g/mol. The van der Waals surface area contributed by atoms with Crippen LogP contribution in [0.1, 0.15) is 5.01 Å². The maximum atomic E-state index is 12.2. The number of ether oxygens (including phenoxy) is 1. The molecule has 0 radical (unpaired) electrons. The molecule has 1 saturated heterocycles. The van der Waals surface area contributed by atoms with Crippen molar-refractivity contribution in [3.05, 3.63) is 40.7 Å². The highest BCUT2D eigenvalue weighted by Crippen LogP contribution is 2.22. The van der Waals surface area contributed by atoms with Gasteiger partial charge in [0.15, 0.2) is 0 Å². The molecular weight excluding hydrogens is 272 g/mol. The van der Waals surface area contributed by atoms with Crippen LogP contribution in [-0.4, -0.2) is 42.1 Å². The molecule has 0 spiro atoms. The molecule has 0 atom stereocenters. The van der Waals surface area contributed by atoms with Crippen molar-refractivity contribution in [1.82, 2.24) is 9.88 Å². The lowest BCUT2D eigenvalue weighted by Crippen LogP contribution is -2.41. The van der Waals surface area contributed by atoms with Crippen molar-refractivity contribution in [2.24, 2.45) is 0 Å². The van der Waals surface area contributed by atoms with Crippen LogP contribution in [0.15, 0.2) is 35.7 Å². The molecule has 0 N–H and O–H groups in total. The van der Waals surface area contributed by atoms with Gasteiger partial charge in [0.05, 0.1) is 25.3 Å². The molecule has 4 nitrogen and oxygen atoms in total. The maximum absolute atomic E-state index is 12.2. The van der Waals surface area contributed by atoms with E-state index in [1.807, 2.05) is 40.6 Å². The fourth-order valence-electron chi connectivity index (χ4n) is 2.19. The molecule has 20 heavy (non-hydrogen) atoms. The van der Waals surface area contributed by atoms with Crippen LogP contribution in [-0.2, 0) is 16.0 Å². The molecule has 0 aliphatic carbocycles. The number of carbonyl (C=O) groups is 1. The minimum Gasteiger partial charge on any atom is -0.378 e. The number of aromatic nitrogens is 1. The number of hydrogen-bond acceptors (Lipinski definition) is 4. The SMILES string of the molecule is O=C(Cc1nc(-c2ccccc2)cs1)N1CCOCC1. The summed E-state index contributed by atoms with van der Waals surface area (Å²) in [5.41, 5.74) is 2.04. The fraction of sp³-hybridized carbons (Fsp3) is 0.333. The Bertz CT molecular complexity index is 577. The lowest BCUT2D eigenvalue weighted by molar-refractivity contribution is -0.134. The van der Waals surface area contributed by atoms with Gasteiger partial charge in [0, 0.05) is 24.0 Å². The predicted molar refractivity (Wildman–Crippen MR) is 78.7 cm³/mol. The number of benzene rings is 1. The molecule has 0 bridgehead atoms. The van der Waals surface area contributed by atoms with Gasteiger partial charge >= 0.3 is 0 Å². The molecule has 1 aromatic heterocycles. The molecule has 1 amide bonds. The van der Waals surface area contributed by atoms with E-state index in [1.54, 1.807) is 11.3 Å². The maximum Gasteiger partial charge on any atom is 0.229 e. The van der Waals surface area contributed by atoms with E-state index in [-0.39, 0.29) is 5.91 Å². The van der Waals surface area contributed by atoms with Crippen molar-refractivity contribution in [3.8, 4) is 11.3 Å². The molecule has 2 heterocycles. The van der Waals surface area contributed by atoms with Gasteiger partial charge in [-0.1, -0.05) is 30.3 Å². The van der Waals surface area contributed by atoms with Crippen molar-refractivity contribution in [3.63, 3.8) is 0 Å². The van der Waals surface area contributed by atoms with Crippen molar-refractivity contribution < 1.29 is 9.53 Å². The van der Waals surface area contributed by atoms with Gasteiger partial charge in [-0.05, 0) is 0 Å². The van der Waals surface area contributed by atoms with Crippen LogP contribution in [0.4, 0.5) is 0 Å². The molecule has 2 aromatic rings. The molecule has 0 unspecified atom stereocenters. The number of thiazole rings is 1. The highest BCUT2D eigenvalue weighted by Gasteiger charge is 2.18. The Kier molecular flexibility index (Phi) is 4.08. The number of amides is 1. The van der Waals surface area contributed by atoms with Crippen LogP contribution >= 0.6 is 11.3 Å². The summed E-state index contributed by atoms with van der Waals surface area (Å²) >= 11 is 1.55. The predicted octanol–water partition coefficient (Wildman–Crippen LogP) is 2.21.